The molecule has 1 heteroatoms. The summed E-state index contributed by atoms with van der Waals surface area (Å²) in [5, 5.41) is 0. The Labute approximate surface area is 331 Å². The Balaban J connectivity index is 1.01. The van der Waals surface area contributed by atoms with Gasteiger partial charge in [-0.25, -0.2) is 0 Å². The van der Waals surface area contributed by atoms with E-state index in [1.165, 1.54) is 99.1 Å². The molecule has 7 aromatic carbocycles. The lowest BCUT2D eigenvalue weighted by Gasteiger charge is -2.61. The van der Waals surface area contributed by atoms with Crippen molar-refractivity contribution < 1.29 is 0 Å². The van der Waals surface area contributed by atoms with E-state index in [0.717, 1.165) is 29.4 Å². The zero-order valence-corrected chi connectivity index (χ0v) is 32.4. The van der Waals surface area contributed by atoms with E-state index in [1.807, 2.05) is 0 Å². The topological polar surface area (TPSA) is 3.24 Å². The highest BCUT2D eigenvalue weighted by molar-refractivity contribution is 5.91. The van der Waals surface area contributed by atoms with Gasteiger partial charge >= 0.3 is 0 Å². The first kappa shape index (κ1) is 32.6. The van der Waals surface area contributed by atoms with Gasteiger partial charge in [0.25, 0.3) is 0 Å². The molecule has 13 rings (SSSR count). The molecule has 0 aromatic heterocycles. The molecule has 272 valence electrons. The summed E-state index contributed by atoms with van der Waals surface area (Å²) in [6.45, 7) is 4.73. The van der Waals surface area contributed by atoms with Gasteiger partial charge in [-0.05, 0) is 159 Å². The average Bonchev–Trinajstić information content (AvgIpc) is 3.66. The van der Waals surface area contributed by atoms with E-state index >= 15 is 0 Å². The van der Waals surface area contributed by atoms with E-state index in [0.29, 0.717) is 0 Å². The van der Waals surface area contributed by atoms with Gasteiger partial charge in [0.15, 0.2) is 0 Å². The van der Waals surface area contributed by atoms with E-state index in [4.69, 9.17) is 0 Å². The SMILES string of the molecule is CC1(C)c2ccccc2-c2cc(N(c3ccc(-c4cccc5c4C4(c6ccccc6-5)C5CC6CC(C5)CC4C6)cc3)c3cccc(-c4ccccc4)c3)ccc21. The van der Waals surface area contributed by atoms with E-state index in [1.54, 1.807) is 11.1 Å². The van der Waals surface area contributed by atoms with Crippen molar-refractivity contribution in [2.45, 2.75) is 56.8 Å². The van der Waals surface area contributed by atoms with Crippen molar-refractivity contribution >= 4 is 17.1 Å². The number of rotatable bonds is 5. The molecule has 6 aliphatic carbocycles. The fourth-order valence-electron chi connectivity index (χ4n) is 13.0. The maximum Gasteiger partial charge on any atom is 0.0468 e. The van der Waals surface area contributed by atoms with Gasteiger partial charge in [-0.3, -0.25) is 0 Å². The summed E-state index contributed by atoms with van der Waals surface area (Å²) in [6.07, 6.45) is 7.06. The molecule has 0 amide bonds. The highest BCUT2D eigenvalue weighted by Gasteiger charge is 2.62. The number of benzene rings is 7. The standard InChI is InChI=1S/C55H47N/c1-54(2)50-20-8-6-17-47(50)49-34-44(26-27-51(49)54)56(43-15-10-14-39(33-43)37-12-4-3-5-13-37)42-24-22-38(23-25-42)45-18-11-19-48-46-16-7-9-21-52(46)55(53(45)48)40-29-35-28-36(31-40)32-41(55)30-35/h3-27,33-36,40-41H,28-32H2,1-2H3. The second kappa shape index (κ2) is 11.9. The number of fused-ring (bicyclic) bond motifs is 6. The molecule has 1 nitrogen and oxygen atoms in total. The third-order valence-corrected chi connectivity index (χ3v) is 15.0. The summed E-state index contributed by atoms with van der Waals surface area (Å²) >= 11 is 0. The van der Waals surface area contributed by atoms with Crippen LogP contribution in [0.2, 0.25) is 0 Å². The zero-order chi connectivity index (χ0) is 37.2. The maximum absolute atomic E-state index is 2.50. The van der Waals surface area contributed by atoms with Crippen molar-refractivity contribution in [1.29, 1.82) is 0 Å². The minimum atomic E-state index is -0.0333. The van der Waals surface area contributed by atoms with Crippen molar-refractivity contribution in [3.05, 3.63) is 186 Å². The predicted octanol–water partition coefficient (Wildman–Crippen LogP) is 14.5. The molecule has 6 aliphatic rings. The maximum atomic E-state index is 2.50. The Morgan fingerprint density at radius 2 is 0.946 bits per heavy atom. The summed E-state index contributed by atoms with van der Waals surface area (Å²) in [7, 11) is 0. The quantitative estimate of drug-likeness (QED) is 0.171. The third-order valence-electron chi connectivity index (χ3n) is 15.0. The molecule has 0 heterocycles. The number of hydrogen-bond acceptors (Lipinski definition) is 1. The number of nitrogens with zero attached hydrogens (tertiary/aromatic N) is 1. The Kier molecular flexibility index (Phi) is 6.93. The highest BCUT2D eigenvalue weighted by atomic mass is 15.1. The minimum absolute atomic E-state index is 0.0333. The lowest BCUT2D eigenvalue weighted by Crippen LogP contribution is -2.55. The van der Waals surface area contributed by atoms with Crippen molar-refractivity contribution in [3.8, 4) is 44.5 Å². The average molecular weight is 722 g/mol. The van der Waals surface area contributed by atoms with Gasteiger partial charge in [0, 0.05) is 27.9 Å². The predicted molar refractivity (Wildman–Crippen MR) is 233 cm³/mol. The van der Waals surface area contributed by atoms with E-state index in [-0.39, 0.29) is 10.8 Å². The summed E-state index contributed by atoms with van der Waals surface area (Å²) in [5.41, 5.74) is 20.5. The van der Waals surface area contributed by atoms with Crippen LogP contribution in [0.3, 0.4) is 0 Å². The fourth-order valence-corrected chi connectivity index (χ4v) is 13.0. The summed E-state index contributed by atoms with van der Waals surface area (Å²) in [6, 6.07) is 62.2. The molecule has 56 heavy (non-hydrogen) atoms. The van der Waals surface area contributed by atoms with Gasteiger partial charge in [-0.15, -0.1) is 0 Å². The van der Waals surface area contributed by atoms with Crippen LogP contribution in [-0.2, 0) is 10.8 Å². The first-order valence-corrected chi connectivity index (χ1v) is 21.0. The highest BCUT2D eigenvalue weighted by Crippen LogP contribution is 2.70. The molecule has 7 aromatic rings. The molecule has 4 bridgehead atoms. The molecule has 0 aliphatic heterocycles. The van der Waals surface area contributed by atoms with E-state index < -0.39 is 0 Å². The molecular weight excluding hydrogens is 675 g/mol. The second-order valence-corrected chi connectivity index (χ2v) is 18.1. The lowest BCUT2D eigenvalue weighted by atomic mass is 9.42. The first-order chi connectivity index (χ1) is 27.5. The molecular formula is C55H47N. The van der Waals surface area contributed by atoms with Gasteiger partial charge in [0.1, 0.15) is 0 Å². The van der Waals surface area contributed by atoms with Crippen LogP contribution in [-0.4, -0.2) is 0 Å². The van der Waals surface area contributed by atoms with Crippen LogP contribution in [0.15, 0.2) is 164 Å². The van der Waals surface area contributed by atoms with E-state index in [2.05, 4.69) is 183 Å². The van der Waals surface area contributed by atoms with Crippen LogP contribution in [0.5, 0.6) is 0 Å². The van der Waals surface area contributed by atoms with Gasteiger partial charge in [0.05, 0.1) is 0 Å². The Bertz CT molecular complexity index is 2650. The Hall–Kier alpha value is -5.66. The largest absolute Gasteiger partial charge is 0.310 e. The van der Waals surface area contributed by atoms with Gasteiger partial charge < -0.3 is 4.90 Å². The van der Waals surface area contributed by atoms with Gasteiger partial charge in [-0.2, -0.15) is 0 Å². The summed E-state index contributed by atoms with van der Waals surface area (Å²) < 4.78 is 0. The molecule has 0 unspecified atom stereocenters. The van der Waals surface area contributed by atoms with Crippen molar-refractivity contribution in [2.24, 2.45) is 23.7 Å². The lowest BCUT2D eigenvalue weighted by molar-refractivity contribution is -0.0397. The number of anilines is 3. The molecule has 0 atom stereocenters. The zero-order valence-electron chi connectivity index (χ0n) is 32.4. The first-order valence-electron chi connectivity index (χ1n) is 21.0. The number of hydrogen-bond donors (Lipinski definition) is 0. The Morgan fingerprint density at radius 1 is 0.393 bits per heavy atom. The summed E-state index contributed by atoms with van der Waals surface area (Å²) in [5.74, 6) is 3.33. The molecule has 4 saturated carbocycles. The second-order valence-electron chi connectivity index (χ2n) is 18.1. The van der Waals surface area contributed by atoms with Gasteiger partial charge in [0.2, 0.25) is 0 Å². The fraction of sp³-hybridized carbons (Fsp3) is 0.236. The van der Waals surface area contributed by atoms with Crippen LogP contribution in [0.1, 0.15) is 68.2 Å². The molecule has 4 fully saturated rings. The van der Waals surface area contributed by atoms with Crippen LogP contribution >= 0.6 is 0 Å². The van der Waals surface area contributed by atoms with Crippen LogP contribution < -0.4 is 4.90 Å². The van der Waals surface area contributed by atoms with Gasteiger partial charge in [-0.1, -0.05) is 141 Å². The van der Waals surface area contributed by atoms with Crippen molar-refractivity contribution in [2.75, 3.05) is 4.90 Å². The van der Waals surface area contributed by atoms with Crippen LogP contribution in [0.25, 0.3) is 44.5 Å². The monoisotopic (exact) mass is 721 g/mol. The van der Waals surface area contributed by atoms with Crippen LogP contribution in [0.4, 0.5) is 17.1 Å². The molecule has 1 spiro atoms. The smallest absolute Gasteiger partial charge is 0.0468 e. The summed E-state index contributed by atoms with van der Waals surface area (Å²) in [4.78, 5) is 2.47. The molecule has 0 N–H and O–H groups in total. The minimum Gasteiger partial charge on any atom is -0.310 e. The van der Waals surface area contributed by atoms with Crippen molar-refractivity contribution in [1.82, 2.24) is 0 Å². The molecule has 0 radical (unpaired) electrons. The normalized spacial score (nSPS) is 24.1. The third kappa shape index (κ3) is 4.49. The molecule has 0 saturated heterocycles. The van der Waals surface area contributed by atoms with Crippen LogP contribution in [0, 0.1) is 23.7 Å². The Morgan fingerprint density at radius 3 is 1.70 bits per heavy atom. The van der Waals surface area contributed by atoms with Crippen molar-refractivity contribution in [3.63, 3.8) is 0 Å². The van der Waals surface area contributed by atoms with E-state index in [9.17, 15) is 0 Å².